The Hall–Kier alpha value is -4.54. The molecule has 1 fully saturated rings. The van der Waals surface area contributed by atoms with Gasteiger partial charge in [-0.05, 0) is 48.7 Å². The predicted octanol–water partition coefficient (Wildman–Crippen LogP) is 3.79. The molecule has 0 spiro atoms. The van der Waals surface area contributed by atoms with E-state index in [0.717, 1.165) is 16.0 Å². The molecule has 2 aromatic carbocycles. The number of rotatable bonds is 11. The average molecular weight is 537 g/mol. The number of benzene rings is 2. The topological polar surface area (TPSA) is 124 Å². The van der Waals surface area contributed by atoms with Gasteiger partial charge in [-0.3, -0.25) is 9.69 Å². The molecule has 0 saturated carbocycles. The molecule has 39 heavy (non-hydrogen) atoms. The molecule has 1 aliphatic heterocycles. The first-order valence-electron chi connectivity index (χ1n) is 12.4. The minimum atomic E-state index is -1.18. The van der Waals surface area contributed by atoms with E-state index in [0.29, 0.717) is 54.5 Å². The predicted molar refractivity (Wildman–Crippen MR) is 143 cm³/mol. The fourth-order valence-corrected chi connectivity index (χ4v) is 4.66. The molecule has 0 radical (unpaired) electrons. The van der Waals surface area contributed by atoms with Gasteiger partial charge in [0.25, 0.3) is 0 Å². The Balaban J connectivity index is 1.47. The molecule has 0 aliphatic carbocycles. The van der Waals surface area contributed by atoms with Crippen LogP contribution in [0.3, 0.4) is 0 Å². The number of carbonyl (C=O) groups excluding carboxylic acids is 1. The molecule has 1 N–H and O–H groups in total. The lowest BCUT2D eigenvalue weighted by atomic mass is 9.99. The average Bonchev–Trinajstić information content (AvgIpc) is 3.29. The van der Waals surface area contributed by atoms with E-state index in [9.17, 15) is 14.7 Å². The summed E-state index contributed by atoms with van der Waals surface area (Å²) in [5.41, 5.74) is 2.27. The van der Waals surface area contributed by atoms with Crippen LogP contribution in [0.15, 0.2) is 48.7 Å². The standard InChI is InChI=1S/C28H32N4O7/c1-36-22-7-5-20(24(13-22)38-3)16-31-10-9-19(27(31)33)11-18-12-26(30-29-15-18)32(28(34)35)17-21-6-8-23(37-2)14-25(21)39-4/h5-8,12-15,19H,9-11,16-17H2,1-4H3,(H,34,35). The lowest BCUT2D eigenvalue weighted by molar-refractivity contribution is -0.131. The summed E-state index contributed by atoms with van der Waals surface area (Å²) in [6, 6.07) is 12.4. The maximum absolute atomic E-state index is 13.2. The molecule has 4 rings (SSSR count). The zero-order valence-corrected chi connectivity index (χ0v) is 22.4. The first kappa shape index (κ1) is 27.5. The molecule has 206 valence electrons. The summed E-state index contributed by atoms with van der Waals surface area (Å²) in [5, 5.41) is 18.0. The SMILES string of the molecule is COc1ccc(CN2CCC(Cc3cnnc(N(Cc4ccc(OC)cc4OC)C(=O)O)c3)C2=O)c(OC)c1. The zero-order valence-electron chi connectivity index (χ0n) is 22.4. The monoisotopic (exact) mass is 536 g/mol. The summed E-state index contributed by atoms with van der Waals surface area (Å²) in [6.45, 7) is 1.04. The summed E-state index contributed by atoms with van der Waals surface area (Å²) in [5.74, 6) is 2.40. The Morgan fingerprint density at radius 2 is 1.62 bits per heavy atom. The van der Waals surface area contributed by atoms with Crippen molar-refractivity contribution in [1.29, 1.82) is 0 Å². The van der Waals surface area contributed by atoms with Crippen molar-refractivity contribution in [3.05, 3.63) is 65.4 Å². The molecule has 1 unspecified atom stereocenters. The Morgan fingerprint density at radius 3 is 2.23 bits per heavy atom. The van der Waals surface area contributed by atoms with E-state index < -0.39 is 6.09 Å². The third-order valence-electron chi connectivity index (χ3n) is 6.77. The Morgan fingerprint density at radius 1 is 0.974 bits per heavy atom. The van der Waals surface area contributed by atoms with Gasteiger partial charge in [0.1, 0.15) is 23.0 Å². The quantitative estimate of drug-likeness (QED) is 0.390. The van der Waals surface area contributed by atoms with Gasteiger partial charge in [-0.2, -0.15) is 5.10 Å². The van der Waals surface area contributed by atoms with Crippen molar-refractivity contribution in [1.82, 2.24) is 15.1 Å². The van der Waals surface area contributed by atoms with E-state index >= 15 is 0 Å². The number of carboxylic acid groups (broad SMARTS) is 1. The molecule has 1 aliphatic rings. The van der Waals surface area contributed by atoms with Crippen LogP contribution in [0.4, 0.5) is 10.6 Å². The van der Waals surface area contributed by atoms with Crippen LogP contribution in [-0.2, 0) is 24.3 Å². The summed E-state index contributed by atoms with van der Waals surface area (Å²) >= 11 is 0. The Bertz CT molecular complexity index is 1330. The van der Waals surface area contributed by atoms with Crippen molar-refractivity contribution in [2.45, 2.75) is 25.9 Å². The summed E-state index contributed by atoms with van der Waals surface area (Å²) < 4.78 is 21.4. The lowest BCUT2D eigenvalue weighted by Gasteiger charge is -2.20. The van der Waals surface area contributed by atoms with Gasteiger partial charge in [-0.25, -0.2) is 4.79 Å². The normalized spacial score (nSPS) is 14.7. The van der Waals surface area contributed by atoms with Crippen LogP contribution in [0.2, 0.25) is 0 Å². The van der Waals surface area contributed by atoms with Crippen molar-refractivity contribution < 1.29 is 33.6 Å². The van der Waals surface area contributed by atoms with Crippen LogP contribution < -0.4 is 23.8 Å². The number of likely N-dealkylation sites (tertiary alicyclic amines) is 1. The van der Waals surface area contributed by atoms with Gasteiger partial charge in [0.15, 0.2) is 5.82 Å². The first-order chi connectivity index (χ1) is 18.9. The van der Waals surface area contributed by atoms with Gasteiger partial charge in [-0.15, -0.1) is 5.10 Å². The third-order valence-corrected chi connectivity index (χ3v) is 6.77. The molecule has 11 nitrogen and oxygen atoms in total. The second-order valence-corrected chi connectivity index (χ2v) is 9.10. The van der Waals surface area contributed by atoms with Crippen molar-refractivity contribution in [3.8, 4) is 23.0 Å². The summed E-state index contributed by atoms with van der Waals surface area (Å²) in [6.07, 6.45) is 1.49. The van der Waals surface area contributed by atoms with Crippen molar-refractivity contribution >= 4 is 17.8 Å². The van der Waals surface area contributed by atoms with E-state index in [-0.39, 0.29) is 24.2 Å². The number of amides is 2. The van der Waals surface area contributed by atoms with Crippen molar-refractivity contribution in [2.75, 3.05) is 39.9 Å². The van der Waals surface area contributed by atoms with Crippen molar-refractivity contribution in [3.63, 3.8) is 0 Å². The van der Waals surface area contributed by atoms with Crippen LogP contribution in [0.1, 0.15) is 23.1 Å². The molecule has 0 bridgehead atoms. The lowest BCUT2D eigenvalue weighted by Crippen LogP contribution is -2.30. The van der Waals surface area contributed by atoms with Crippen LogP contribution in [0, 0.1) is 5.92 Å². The second-order valence-electron chi connectivity index (χ2n) is 9.10. The molecule has 2 amide bonds. The number of hydrogen-bond acceptors (Lipinski definition) is 8. The molecular formula is C28H32N4O7. The minimum Gasteiger partial charge on any atom is -0.497 e. The fourth-order valence-electron chi connectivity index (χ4n) is 4.66. The van der Waals surface area contributed by atoms with E-state index in [1.165, 1.54) is 7.11 Å². The smallest absolute Gasteiger partial charge is 0.413 e. The highest BCUT2D eigenvalue weighted by atomic mass is 16.5. The highest BCUT2D eigenvalue weighted by Crippen LogP contribution is 2.31. The van der Waals surface area contributed by atoms with Crippen LogP contribution in [0.5, 0.6) is 23.0 Å². The molecule has 11 heteroatoms. The van der Waals surface area contributed by atoms with Crippen molar-refractivity contribution in [2.24, 2.45) is 5.92 Å². The molecule has 1 atom stereocenters. The van der Waals surface area contributed by atoms with Crippen LogP contribution >= 0.6 is 0 Å². The highest BCUT2D eigenvalue weighted by molar-refractivity contribution is 5.85. The Labute approximate surface area is 226 Å². The number of hydrogen-bond donors (Lipinski definition) is 1. The third kappa shape index (κ3) is 6.31. The molecule has 2 heterocycles. The van der Waals surface area contributed by atoms with Gasteiger partial charge in [-0.1, -0.05) is 0 Å². The second kappa shape index (κ2) is 12.3. The number of ether oxygens (including phenoxy) is 4. The molecule has 1 aromatic heterocycles. The van der Waals surface area contributed by atoms with E-state index in [2.05, 4.69) is 10.2 Å². The number of methoxy groups -OCH3 is 4. The zero-order chi connectivity index (χ0) is 27.9. The number of carbonyl (C=O) groups is 2. The molecular weight excluding hydrogens is 504 g/mol. The van der Waals surface area contributed by atoms with E-state index in [1.807, 2.05) is 17.0 Å². The van der Waals surface area contributed by atoms with Crippen LogP contribution in [-0.4, -0.2) is 67.2 Å². The molecule has 1 saturated heterocycles. The Kier molecular flexibility index (Phi) is 8.70. The number of aromatic nitrogens is 2. The van der Waals surface area contributed by atoms with E-state index in [1.54, 1.807) is 57.9 Å². The van der Waals surface area contributed by atoms with Gasteiger partial charge < -0.3 is 29.0 Å². The first-order valence-corrected chi connectivity index (χ1v) is 12.4. The maximum atomic E-state index is 13.2. The number of anilines is 1. The highest BCUT2D eigenvalue weighted by Gasteiger charge is 2.32. The minimum absolute atomic E-state index is 0.000462. The largest absolute Gasteiger partial charge is 0.497 e. The fraction of sp³-hybridized carbons (Fsp3) is 0.357. The van der Waals surface area contributed by atoms with Gasteiger partial charge in [0.05, 0.1) is 41.2 Å². The number of nitrogens with zero attached hydrogens (tertiary/aromatic N) is 4. The van der Waals surface area contributed by atoms with Gasteiger partial charge >= 0.3 is 6.09 Å². The van der Waals surface area contributed by atoms with E-state index in [4.69, 9.17) is 18.9 Å². The molecule has 3 aromatic rings. The summed E-state index contributed by atoms with van der Waals surface area (Å²) in [7, 11) is 6.24. The summed E-state index contributed by atoms with van der Waals surface area (Å²) in [4.78, 5) is 28.3. The van der Waals surface area contributed by atoms with Gasteiger partial charge in [0.2, 0.25) is 5.91 Å². The maximum Gasteiger partial charge on any atom is 0.413 e. The van der Waals surface area contributed by atoms with Crippen LogP contribution in [0.25, 0.3) is 0 Å². The van der Waals surface area contributed by atoms with Gasteiger partial charge in [0, 0.05) is 42.3 Å².